The summed E-state index contributed by atoms with van der Waals surface area (Å²) in [5.41, 5.74) is 13.9. The molecule has 0 radical (unpaired) electrons. The number of H-pyrrole nitrogens is 1. The topological polar surface area (TPSA) is 84.2 Å². The van der Waals surface area contributed by atoms with Crippen LogP contribution in [-0.4, -0.2) is 40.5 Å². The molecule has 0 aliphatic carbocycles. The van der Waals surface area contributed by atoms with Crippen molar-refractivity contribution in [1.29, 1.82) is 0 Å². The second-order valence-corrected chi connectivity index (χ2v) is 9.03. The summed E-state index contributed by atoms with van der Waals surface area (Å²) in [6, 6.07) is 12.3. The van der Waals surface area contributed by atoms with Gasteiger partial charge >= 0.3 is 0 Å². The fraction of sp³-hybridized carbons (Fsp3) is 0.385. The molecule has 1 saturated heterocycles. The van der Waals surface area contributed by atoms with Crippen molar-refractivity contribution < 1.29 is 9.53 Å². The Labute approximate surface area is 188 Å². The number of imidazole rings is 1. The molecule has 1 aromatic heterocycles. The van der Waals surface area contributed by atoms with Crippen LogP contribution < -0.4 is 5.73 Å². The van der Waals surface area contributed by atoms with Crippen molar-refractivity contribution in [2.75, 3.05) is 25.4 Å². The monoisotopic (exact) mass is 430 g/mol. The number of nitrogens with two attached hydrogens (primary N) is 1. The van der Waals surface area contributed by atoms with E-state index in [4.69, 9.17) is 15.5 Å². The highest BCUT2D eigenvalue weighted by atomic mass is 16.5. The number of amides is 1. The number of likely N-dealkylation sites (tertiary alicyclic amines) is 1. The summed E-state index contributed by atoms with van der Waals surface area (Å²) in [6.07, 6.45) is 2.77. The van der Waals surface area contributed by atoms with Crippen LogP contribution in [0.4, 0.5) is 5.69 Å². The number of fused-ring (bicyclic) bond motifs is 1. The number of ether oxygens (including phenoxy) is 1. The van der Waals surface area contributed by atoms with E-state index >= 15 is 0 Å². The minimum atomic E-state index is 0.110. The van der Waals surface area contributed by atoms with E-state index in [0.29, 0.717) is 19.1 Å². The lowest BCUT2D eigenvalue weighted by molar-refractivity contribution is 0.0712. The van der Waals surface area contributed by atoms with Crippen LogP contribution >= 0.6 is 0 Å². The van der Waals surface area contributed by atoms with E-state index in [0.717, 1.165) is 77.5 Å². The first-order chi connectivity index (χ1) is 15.5. The zero-order chi connectivity index (χ0) is 22.2. The molecule has 0 saturated carbocycles. The Balaban J connectivity index is 1.35. The van der Waals surface area contributed by atoms with Gasteiger partial charge in [0.25, 0.3) is 5.91 Å². The van der Waals surface area contributed by atoms with Crippen molar-refractivity contribution in [2.24, 2.45) is 0 Å². The van der Waals surface area contributed by atoms with E-state index in [1.165, 1.54) is 5.56 Å². The standard InChI is InChI=1S/C26H30N4O2/c1-16-13-17(2)22(14-21(16)25-28-23-9-12-32-15-24(23)29-25)26(31)30-10-7-19(8-11-30)18-3-5-20(27)6-4-18/h3-6,13-14,19H,7-12,15,27H2,1-2H3,(H,28,29). The molecule has 0 bridgehead atoms. The second kappa shape index (κ2) is 8.43. The average molecular weight is 431 g/mol. The van der Waals surface area contributed by atoms with Gasteiger partial charge in [-0.05, 0) is 67.5 Å². The van der Waals surface area contributed by atoms with Crippen LogP contribution in [0.2, 0.25) is 0 Å². The van der Waals surface area contributed by atoms with Crippen molar-refractivity contribution in [1.82, 2.24) is 14.9 Å². The number of rotatable bonds is 3. The first-order valence-electron chi connectivity index (χ1n) is 11.4. The number of aryl methyl sites for hydroxylation is 2. The summed E-state index contributed by atoms with van der Waals surface area (Å²) in [5.74, 6) is 1.42. The second-order valence-electron chi connectivity index (χ2n) is 9.03. The van der Waals surface area contributed by atoms with Gasteiger partial charge in [0.1, 0.15) is 5.82 Å². The highest BCUT2D eigenvalue weighted by molar-refractivity contribution is 5.97. The van der Waals surface area contributed by atoms with Gasteiger partial charge in [-0.15, -0.1) is 0 Å². The van der Waals surface area contributed by atoms with E-state index < -0.39 is 0 Å². The summed E-state index contributed by atoms with van der Waals surface area (Å²) >= 11 is 0. The van der Waals surface area contributed by atoms with Crippen molar-refractivity contribution >= 4 is 11.6 Å². The van der Waals surface area contributed by atoms with Crippen molar-refractivity contribution in [3.63, 3.8) is 0 Å². The van der Waals surface area contributed by atoms with Gasteiger partial charge in [0.15, 0.2) is 0 Å². The van der Waals surface area contributed by atoms with Gasteiger partial charge in [-0.1, -0.05) is 18.2 Å². The Morgan fingerprint density at radius 2 is 1.88 bits per heavy atom. The number of aromatic nitrogens is 2. The zero-order valence-electron chi connectivity index (χ0n) is 18.8. The Bertz CT molecular complexity index is 1120. The van der Waals surface area contributed by atoms with E-state index in [2.05, 4.69) is 30.1 Å². The van der Waals surface area contributed by atoms with E-state index in [1.807, 2.05) is 30.0 Å². The molecular weight excluding hydrogens is 400 g/mol. The predicted octanol–water partition coefficient (Wildman–Crippen LogP) is 4.37. The van der Waals surface area contributed by atoms with Crippen LogP contribution in [0.5, 0.6) is 0 Å². The van der Waals surface area contributed by atoms with Crippen molar-refractivity contribution in [3.05, 3.63) is 70.0 Å². The molecule has 3 heterocycles. The third-order valence-electron chi connectivity index (χ3n) is 6.84. The molecule has 2 aliphatic rings. The Hall–Kier alpha value is -3.12. The minimum absolute atomic E-state index is 0.110. The number of anilines is 1. The van der Waals surface area contributed by atoms with Crippen LogP contribution in [0.3, 0.4) is 0 Å². The molecule has 1 amide bonds. The van der Waals surface area contributed by atoms with Gasteiger partial charge in [0.05, 0.1) is 24.6 Å². The number of piperidine rings is 1. The number of aromatic amines is 1. The van der Waals surface area contributed by atoms with Gasteiger partial charge in [-0.25, -0.2) is 4.98 Å². The first kappa shape index (κ1) is 20.8. The molecule has 0 unspecified atom stereocenters. The molecule has 1 fully saturated rings. The molecule has 3 aromatic rings. The lowest BCUT2D eigenvalue weighted by atomic mass is 9.89. The summed E-state index contributed by atoms with van der Waals surface area (Å²) in [4.78, 5) is 23.7. The number of nitrogens with zero attached hydrogens (tertiary/aromatic N) is 2. The summed E-state index contributed by atoms with van der Waals surface area (Å²) < 4.78 is 5.54. The quantitative estimate of drug-likeness (QED) is 0.605. The van der Waals surface area contributed by atoms with Gasteiger partial charge < -0.3 is 20.4 Å². The number of hydrogen-bond acceptors (Lipinski definition) is 4. The number of hydrogen-bond donors (Lipinski definition) is 2. The van der Waals surface area contributed by atoms with Crippen LogP contribution in [0, 0.1) is 13.8 Å². The maximum absolute atomic E-state index is 13.5. The lowest BCUT2D eigenvalue weighted by Gasteiger charge is -2.33. The van der Waals surface area contributed by atoms with Gasteiger partial charge in [0.2, 0.25) is 0 Å². The number of benzene rings is 2. The highest BCUT2D eigenvalue weighted by Gasteiger charge is 2.26. The van der Waals surface area contributed by atoms with E-state index in [-0.39, 0.29) is 5.91 Å². The maximum atomic E-state index is 13.5. The highest BCUT2D eigenvalue weighted by Crippen LogP contribution is 2.31. The molecule has 166 valence electrons. The number of nitrogen functional groups attached to an aromatic ring is 1. The minimum Gasteiger partial charge on any atom is -0.399 e. The summed E-state index contributed by atoms with van der Waals surface area (Å²) in [6.45, 7) is 6.91. The van der Waals surface area contributed by atoms with Gasteiger partial charge in [0, 0.05) is 36.3 Å². The van der Waals surface area contributed by atoms with Gasteiger partial charge in [-0.3, -0.25) is 4.79 Å². The molecule has 0 atom stereocenters. The Morgan fingerprint density at radius 3 is 2.59 bits per heavy atom. The fourth-order valence-corrected chi connectivity index (χ4v) is 4.93. The first-order valence-corrected chi connectivity index (χ1v) is 11.4. The summed E-state index contributed by atoms with van der Waals surface area (Å²) in [5, 5.41) is 0. The summed E-state index contributed by atoms with van der Waals surface area (Å²) in [7, 11) is 0. The number of nitrogens with one attached hydrogen (secondary N) is 1. The molecule has 32 heavy (non-hydrogen) atoms. The maximum Gasteiger partial charge on any atom is 0.254 e. The molecule has 3 N–H and O–H groups in total. The smallest absolute Gasteiger partial charge is 0.254 e. The fourth-order valence-electron chi connectivity index (χ4n) is 4.93. The lowest BCUT2D eigenvalue weighted by Crippen LogP contribution is -2.38. The predicted molar refractivity (Wildman–Crippen MR) is 126 cm³/mol. The third-order valence-corrected chi connectivity index (χ3v) is 6.84. The average Bonchev–Trinajstić information content (AvgIpc) is 3.23. The zero-order valence-corrected chi connectivity index (χ0v) is 18.8. The Morgan fingerprint density at radius 1 is 1.12 bits per heavy atom. The number of carbonyl (C=O) groups excluding carboxylic acids is 1. The van der Waals surface area contributed by atoms with Crippen molar-refractivity contribution in [2.45, 2.75) is 45.6 Å². The van der Waals surface area contributed by atoms with E-state index in [1.54, 1.807) is 0 Å². The normalized spacial score (nSPS) is 16.8. The van der Waals surface area contributed by atoms with E-state index in [9.17, 15) is 4.79 Å². The molecule has 0 spiro atoms. The third kappa shape index (κ3) is 3.91. The molecule has 2 aromatic carbocycles. The SMILES string of the molecule is Cc1cc(C)c(-c2nc3c([nH]2)COCC3)cc1C(=O)N1CCC(c2ccc(N)cc2)CC1. The van der Waals surface area contributed by atoms with Crippen LogP contribution in [-0.2, 0) is 17.8 Å². The molecule has 2 aliphatic heterocycles. The molecule has 5 rings (SSSR count). The van der Waals surface area contributed by atoms with Crippen LogP contribution in [0.15, 0.2) is 36.4 Å². The Kier molecular flexibility index (Phi) is 5.47. The van der Waals surface area contributed by atoms with Crippen molar-refractivity contribution in [3.8, 4) is 11.4 Å². The number of carbonyl (C=O) groups is 1. The largest absolute Gasteiger partial charge is 0.399 e. The molecular formula is C26H30N4O2. The molecule has 6 nitrogen and oxygen atoms in total. The van der Waals surface area contributed by atoms with Crippen LogP contribution in [0.1, 0.15) is 57.2 Å². The molecule has 6 heteroatoms. The van der Waals surface area contributed by atoms with Crippen LogP contribution in [0.25, 0.3) is 11.4 Å². The van der Waals surface area contributed by atoms with Gasteiger partial charge in [-0.2, -0.15) is 0 Å².